The maximum atomic E-state index is 12.7. The molecule has 0 fully saturated rings. The summed E-state index contributed by atoms with van der Waals surface area (Å²) in [6, 6.07) is 8.64. The van der Waals surface area contributed by atoms with Crippen LogP contribution in [0.3, 0.4) is 0 Å². The summed E-state index contributed by atoms with van der Waals surface area (Å²) in [6.07, 6.45) is 1.06. The lowest BCUT2D eigenvalue weighted by Crippen LogP contribution is -2.32. The molecule has 24 heavy (non-hydrogen) atoms. The fourth-order valence-electron chi connectivity index (χ4n) is 3.25. The fourth-order valence-corrected chi connectivity index (χ4v) is 5.09. The van der Waals surface area contributed by atoms with Gasteiger partial charge in [-0.1, -0.05) is 35.5 Å². The van der Waals surface area contributed by atoms with E-state index in [1.807, 2.05) is 30.3 Å². The largest absolute Gasteiger partial charge is 0.364 e. The number of sulfone groups is 1. The van der Waals surface area contributed by atoms with E-state index >= 15 is 0 Å². The summed E-state index contributed by atoms with van der Waals surface area (Å²) in [5.41, 5.74) is 6.71. The molecule has 8 nitrogen and oxygen atoms in total. The minimum Gasteiger partial charge on any atom is -0.364 e. The zero-order chi connectivity index (χ0) is 16.9. The Bertz CT molecular complexity index is 962. The Morgan fingerprint density at radius 3 is 2.75 bits per heavy atom. The van der Waals surface area contributed by atoms with Crippen LogP contribution in [-0.4, -0.2) is 35.1 Å². The molecule has 0 aliphatic carbocycles. The number of fused-ring (bicyclic) bond motifs is 2. The molecule has 124 valence electrons. The molecule has 0 saturated heterocycles. The van der Waals surface area contributed by atoms with E-state index < -0.39 is 21.8 Å². The number of carbonyl (C=O) groups excluding carboxylic acids is 1. The molecule has 0 spiro atoms. The number of carbonyl (C=O) groups is 1. The van der Waals surface area contributed by atoms with Gasteiger partial charge in [0, 0.05) is 0 Å². The number of nitrogens with zero attached hydrogens (tertiary/aromatic N) is 3. The monoisotopic (exact) mass is 345 g/mol. The Labute approximate surface area is 138 Å². The predicted octanol–water partition coefficient (Wildman–Crippen LogP) is 0.921. The number of primary amides is 1. The minimum absolute atomic E-state index is 0.00505. The first-order chi connectivity index (χ1) is 11.5. The van der Waals surface area contributed by atoms with E-state index in [-0.39, 0.29) is 11.4 Å². The summed E-state index contributed by atoms with van der Waals surface area (Å²) < 4.78 is 26.8. The summed E-state index contributed by atoms with van der Waals surface area (Å²) in [5, 5.41) is 10.8. The zero-order valence-electron chi connectivity index (χ0n) is 12.6. The van der Waals surface area contributed by atoms with Crippen LogP contribution in [0.15, 0.2) is 35.2 Å². The van der Waals surface area contributed by atoms with E-state index in [1.165, 1.54) is 4.68 Å². The van der Waals surface area contributed by atoms with Gasteiger partial charge in [-0.25, -0.2) is 8.42 Å². The van der Waals surface area contributed by atoms with Crippen LogP contribution in [-0.2, 0) is 9.84 Å². The van der Waals surface area contributed by atoms with E-state index in [0.717, 1.165) is 5.56 Å². The van der Waals surface area contributed by atoms with Crippen molar-refractivity contribution in [3.05, 3.63) is 46.5 Å². The molecule has 1 atom stereocenters. The van der Waals surface area contributed by atoms with E-state index in [9.17, 15) is 13.2 Å². The summed E-state index contributed by atoms with van der Waals surface area (Å²) in [5.74, 6) is -0.269. The first-order valence-corrected chi connectivity index (χ1v) is 9.17. The molecule has 0 radical (unpaired) electrons. The average Bonchev–Trinajstić information content (AvgIpc) is 2.99. The third-order valence-electron chi connectivity index (χ3n) is 4.28. The second-order valence-corrected chi connectivity index (χ2v) is 7.86. The van der Waals surface area contributed by atoms with Crippen molar-refractivity contribution in [1.82, 2.24) is 15.0 Å². The molecular weight excluding hydrogens is 330 g/mol. The lowest BCUT2D eigenvalue weighted by atomic mass is 10.0. The molecule has 3 heterocycles. The first kappa shape index (κ1) is 14.9. The van der Waals surface area contributed by atoms with Crippen molar-refractivity contribution in [1.29, 1.82) is 0 Å². The lowest BCUT2D eigenvalue weighted by Gasteiger charge is -2.33. The summed E-state index contributed by atoms with van der Waals surface area (Å²) in [4.78, 5) is 11.9. The third-order valence-corrected chi connectivity index (χ3v) is 6.25. The molecule has 4 rings (SSSR count). The van der Waals surface area contributed by atoms with Gasteiger partial charge in [0.2, 0.25) is 0 Å². The van der Waals surface area contributed by atoms with Crippen molar-refractivity contribution in [2.24, 2.45) is 5.73 Å². The number of nitrogens with one attached hydrogen (secondary N) is 1. The van der Waals surface area contributed by atoms with Crippen LogP contribution in [0.1, 0.15) is 34.9 Å². The standard InChI is InChI=1S/C15H15N5O3S/c16-14(21)12-15-17-11(9-5-2-1-3-6-9)13-10(20(15)19-18-12)7-4-8-24(13,22)23/h1-3,5-6,11,17H,4,7-8H2,(H2,16,21). The Kier molecular flexibility index (Phi) is 3.20. The highest BCUT2D eigenvalue weighted by Crippen LogP contribution is 2.43. The number of nitrogens with two attached hydrogens (primary N) is 1. The number of anilines is 1. The van der Waals surface area contributed by atoms with Gasteiger partial charge in [0.1, 0.15) is 0 Å². The van der Waals surface area contributed by atoms with E-state index in [2.05, 4.69) is 15.6 Å². The number of benzene rings is 1. The molecular formula is C15H15N5O3S. The highest BCUT2D eigenvalue weighted by molar-refractivity contribution is 7.95. The van der Waals surface area contributed by atoms with Gasteiger partial charge < -0.3 is 11.1 Å². The predicted molar refractivity (Wildman–Crippen MR) is 87.6 cm³/mol. The van der Waals surface area contributed by atoms with E-state index in [1.54, 1.807) is 0 Å². The normalized spacial score (nSPS) is 21.6. The van der Waals surface area contributed by atoms with Gasteiger partial charge >= 0.3 is 0 Å². The maximum absolute atomic E-state index is 12.7. The number of amides is 1. The van der Waals surface area contributed by atoms with Crippen LogP contribution in [0.25, 0.3) is 5.70 Å². The third kappa shape index (κ3) is 2.12. The molecule has 2 aliphatic heterocycles. The van der Waals surface area contributed by atoms with Crippen LogP contribution in [0.2, 0.25) is 0 Å². The summed E-state index contributed by atoms with van der Waals surface area (Å²) in [6.45, 7) is 0. The fraction of sp³-hybridized carbons (Fsp3) is 0.267. The number of aromatic nitrogens is 3. The van der Waals surface area contributed by atoms with E-state index in [0.29, 0.717) is 29.3 Å². The minimum atomic E-state index is -3.42. The lowest BCUT2D eigenvalue weighted by molar-refractivity contribution is 0.0996. The zero-order valence-corrected chi connectivity index (χ0v) is 13.5. The molecule has 0 bridgehead atoms. The smallest absolute Gasteiger partial charge is 0.273 e. The highest BCUT2D eigenvalue weighted by atomic mass is 32.2. The maximum Gasteiger partial charge on any atom is 0.273 e. The van der Waals surface area contributed by atoms with Gasteiger partial charge in [0.05, 0.1) is 22.4 Å². The van der Waals surface area contributed by atoms with Gasteiger partial charge in [0.25, 0.3) is 5.91 Å². The first-order valence-electron chi connectivity index (χ1n) is 7.52. The molecule has 1 unspecified atom stereocenters. The van der Waals surface area contributed by atoms with Crippen LogP contribution in [0.4, 0.5) is 5.82 Å². The van der Waals surface area contributed by atoms with Crippen molar-refractivity contribution < 1.29 is 13.2 Å². The van der Waals surface area contributed by atoms with Crippen LogP contribution in [0, 0.1) is 0 Å². The Hall–Kier alpha value is -2.68. The Balaban J connectivity index is 1.99. The van der Waals surface area contributed by atoms with Crippen molar-refractivity contribution in [3.8, 4) is 0 Å². The SMILES string of the molecule is NC(=O)c1nnn2c1NC(c1ccccc1)C1=C2CCCS1(=O)=O. The number of hydrogen-bond donors (Lipinski definition) is 2. The molecule has 1 aromatic carbocycles. The van der Waals surface area contributed by atoms with Crippen molar-refractivity contribution in [2.45, 2.75) is 18.9 Å². The molecule has 2 aliphatic rings. The number of hydrogen-bond acceptors (Lipinski definition) is 6. The van der Waals surface area contributed by atoms with Gasteiger partial charge in [-0.15, -0.1) is 5.10 Å². The number of allylic oxidation sites excluding steroid dienone is 1. The second kappa shape index (κ2) is 5.17. The molecule has 2 aromatic rings. The van der Waals surface area contributed by atoms with Crippen LogP contribution < -0.4 is 11.1 Å². The Morgan fingerprint density at radius 1 is 1.29 bits per heavy atom. The summed E-state index contributed by atoms with van der Waals surface area (Å²) >= 11 is 0. The van der Waals surface area contributed by atoms with Crippen LogP contribution >= 0.6 is 0 Å². The number of rotatable bonds is 2. The molecule has 1 amide bonds. The Morgan fingerprint density at radius 2 is 2.04 bits per heavy atom. The molecule has 9 heteroatoms. The van der Waals surface area contributed by atoms with Gasteiger partial charge in [-0.3, -0.25) is 4.79 Å². The van der Waals surface area contributed by atoms with E-state index in [4.69, 9.17) is 5.73 Å². The average molecular weight is 345 g/mol. The van der Waals surface area contributed by atoms with Gasteiger partial charge in [-0.2, -0.15) is 4.68 Å². The highest BCUT2D eigenvalue weighted by Gasteiger charge is 2.40. The second-order valence-electron chi connectivity index (χ2n) is 5.78. The molecule has 1 aromatic heterocycles. The van der Waals surface area contributed by atoms with Crippen LogP contribution in [0.5, 0.6) is 0 Å². The summed E-state index contributed by atoms with van der Waals surface area (Å²) in [7, 11) is -3.42. The van der Waals surface area contributed by atoms with Crippen molar-refractivity contribution >= 4 is 27.3 Å². The topological polar surface area (TPSA) is 120 Å². The molecule has 3 N–H and O–H groups in total. The van der Waals surface area contributed by atoms with Crippen molar-refractivity contribution in [2.75, 3.05) is 11.1 Å². The van der Waals surface area contributed by atoms with Gasteiger partial charge in [0.15, 0.2) is 21.3 Å². The van der Waals surface area contributed by atoms with Crippen molar-refractivity contribution in [3.63, 3.8) is 0 Å². The van der Waals surface area contributed by atoms with Gasteiger partial charge in [-0.05, 0) is 18.4 Å². The quantitative estimate of drug-likeness (QED) is 0.835. The molecule has 0 saturated carbocycles.